The standard InChI is InChI=1S/C26H30N2O4S/c1-28(2)26(29)23-12-5-4-11-22(23)21-13-14-24(32-3)25(17-21)33(30,31)18-20-9-6-8-19(16-20)10-7-15-27/h4-6,8-9,11-14,16-17H,7,10,15,18,27H2,1-3H3. The third-order valence-electron chi connectivity index (χ3n) is 5.39. The average molecular weight is 467 g/mol. The van der Waals surface area contributed by atoms with E-state index in [4.69, 9.17) is 10.5 Å². The molecule has 0 fully saturated rings. The van der Waals surface area contributed by atoms with Gasteiger partial charge in [0.1, 0.15) is 10.6 Å². The van der Waals surface area contributed by atoms with Gasteiger partial charge in [-0.2, -0.15) is 0 Å². The third kappa shape index (κ3) is 5.80. The minimum atomic E-state index is -3.72. The van der Waals surface area contributed by atoms with Crippen molar-refractivity contribution >= 4 is 15.7 Å². The lowest BCUT2D eigenvalue weighted by Gasteiger charge is -2.16. The van der Waals surface area contributed by atoms with Gasteiger partial charge in [0.05, 0.1) is 12.9 Å². The Bertz CT molecular complexity index is 1240. The first-order valence-corrected chi connectivity index (χ1v) is 12.4. The van der Waals surface area contributed by atoms with Gasteiger partial charge in [0.2, 0.25) is 0 Å². The summed E-state index contributed by atoms with van der Waals surface area (Å²) in [5.41, 5.74) is 9.17. The number of hydrogen-bond acceptors (Lipinski definition) is 5. The van der Waals surface area contributed by atoms with Gasteiger partial charge in [-0.05, 0) is 59.8 Å². The number of sulfone groups is 1. The molecule has 33 heavy (non-hydrogen) atoms. The lowest BCUT2D eigenvalue weighted by Crippen LogP contribution is -2.22. The van der Waals surface area contributed by atoms with E-state index in [0.29, 0.717) is 28.8 Å². The summed E-state index contributed by atoms with van der Waals surface area (Å²) in [7, 11) is 1.10. The van der Waals surface area contributed by atoms with E-state index in [9.17, 15) is 13.2 Å². The van der Waals surface area contributed by atoms with E-state index in [1.165, 1.54) is 12.0 Å². The van der Waals surface area contributed by atoms with Crippen LogP contribution >= 0.6 is 0 Å². The summed E-state index contributed by atoms with van der Waals surface area (Å²) in [5, 5.41) is 0. The van der Waals surface area contributed by atoms with Gasteiger partial charge >= 0.3 is 0 Å². The zero-order valence-corrected chi connectivity index (χ0v) is 20.1. The van der Waals surface area contributed by atoms with Gasteiger partial charge in [-0.1, -0.05) is 48.5 Å². The molecule has 2 N–H and O–H groups in total. The highest BCUT2D eigenvalue weighted by atomic mass is 32.2. The Labute approximate surface area is 195 Å². The Morgan fingerprint density at radius 3 is 2.39 bits per heavy atom. The third-order valence-corrected chi connectivity index (χ3v) is 7.09. The molecule has 0 aliphatic heterocycles. The minimum Gasteiger partial charge on any atom is -0.495 e. The van der Waals surface area contributed by atoms with Crippen LogP contribution in [0.3, 0.4) is 0 Å². The lowest BCUT2D eigenvalue weighted by molar-refractivity contribution is 0.0828. The molecular formula is C26H30N2O4S. The van der Waals surface area contributed by atoms with Crippen LogP contribution in [-0.2, 0) is 22.0 Å². The quantitative estimate of drug-likeness (QED) is 0.516. The molecule has 0 aromatic heterocycles. The molecule has 3 aromatic rings. The fourth-order valence-electron chi connectivity index (χ4n) is 3.73. The highest BCUT2D eigenvalue weighted by molar-refractivity contribution is 7.90. The van der Waals surface area contributed by atoms with Crippen LogP contribution in [0.4, 0.5) is 0 Å². The Hall–Kier alpha value is -3.16. The monoisotopic (exact) mass is 466 g/mol. The Balaban J connectivity index is 2.03. The molecule has 7 heteroatoms. The second-order valence-electron chi connectivity index (χ2n) is 8.08. The summed E-state index contributed by atoms with van der Waals surface area (Å²) in [5.74, 6) is -0.0313. The normalized spacial score (nSPS) is 11.3. The predicted molar refractivity (Wildman–Crippen MR) is 131 cm³/mol. The van der Waals surface area contributed by atoms with Gasteiger partial charge in [-0.25, -0.2) is 8.42 Å². The molecule has 0 saturated carbocycles. The summed E-state index contributed by atoms with van der Waals surface area (Å²) < 4.78 is 32.3. The molecule has 0 radical (unpaired) electrons. The fourth-order valence-corrected chi connectivity index (χ4v) is 5.27. The molecule has 0 bridgehead atoms. The van der Waals surface area contributed by atoms with Gasteiger partial charge in [-0.3, -0.25) is 4.79 Å². The van der Waals surface area contributed by atoms with E-state index in [0.717, 1.165) is 18.4 Å². The van der Waals surface area contributed by atoms with Crippen LogP contribution in [0.15, 0.2) is 71.6 Å². The molecular weight excluding hydrogens is 436 g/mol. The molecule has 1 amide bonds. The summed E-state index contributed by atoms with van der Waals surface area (Å²) >= 11 is 0. The number of nitrogens with two attached hydrogens (primary N) is 1. The molecule has 174 valence electrons. The zero-order valence-electron chi connectivity index (χ0n) is 19.2. The Morgan fingerprint density at radius 2 is 1.70 bits per heavy atom. The molecule has 3 aromatic carbocycles. The van der Waals surface area contributed by atoms with E-state index in [1.54, 1.807) is 44.4 Å². The number of nitrogens with zero attached hydrogens (tertiary/aromatic N) is 1. The number of carbonyl (C=O) groups excluding carboxylic acids is 1. The van der Waals surface area contributed by atoms with Crippen molar-refractivity contribution in [3.8, 4) is 16.9 Å². The molecule has 3 rings (SSSR count). The van der Waals surface area contributed by atoms with Crippen molar-refractivity contribution in [2.75, 3.05) is 27.7 Å². The number of methoxy groups -OCH3 is 1. The number of ether oxygens (including phenoxy) is 1. The maximum Gasteiger partial charge on any atom is 0.253 e. The second-order valence-corrected chi connectivity index (χ2v) is 10.0. The van der Waals surface area contributed by atoms with E-state index in [2.05, 4.69) is 0 Å². The first-order chi connectivity index (χ1) is 15.8. The van der Waals surface area contributed by atoms with E-state index in [-0.39, 0.29) is 22.3 Å². The van der Waals surface area contributed by atoms with Crippen LogP contribution in [0.5, 0.6) is 5.75 Å². The molecule has 0 aliphatic carbocycles. The highest BCUT2D eigenvalue weighted by Gasteiger charge is 2.23. The number of hydrogen-bond donors (Lipinski definition) is 1. The summed E-state index contributed by atoms with van der Waals surface area (Å²) in [4.78, 5) is 14.3. The van der Waals surface area contributed by atoms with Crippen molar-refractivity contribution in [2.45, 2.75) is 23.5 Å². The first kappa shape index (κ1) is 24.5. The Morgan fingerprint density at radius 1 is 0.970 bits per heavy atom. The summed E-state index contributed by atoms with van der Waals surface area (Å²) in [6, 6.07) is 19.7. The molecule has 0 saturated heterocycles. The van der Waals surface area contributed by atoms with Gasteiger partial charge < -0.3 is 15.4 Å². The molecule has 0 spiro atoms. The molecule has 0 unspecified atom stereocenters. The maximum absolute atomic E-state index is 13.4. The summed E-state index contributed by atoms with van der Waals surface area (Å²) in [6.07, 6.45) is 1.65. The maximum atomic E-state index is 13.4. The van der Waals surface area contributed by atoms with Gasteiger partial charge in [0.15, 0.2) is 9.84 Å². The fraction of sp³-hybridized carbons (Fsp3) is 0.269. The first-order valence-electron chi connectivity index (χ1n) is 10.8. The van der Waals surface area contributed by atoms with Gasteiger partial charge in [0, 0.05) is 19.7 Å². The second kappa shape index (κ2) is 10.6. The van der Waals surface area contributed by atoms with Crippen LogP contribution in [0.1, 0.15) is 27.9 Å². The zero-order chi connectivity index (χ0) is 24.0. The van der Waals surface area contributed by atoms with Crippen molar-refractivity contribution in [3.63, 3.8) is 0 Å². The number of carbonyl (C=O) groups is 1. The average Bonchev–Trinajstić information content (AvgIpc) is 2.81. The smallest absolute Gasteiger partial charge is 0.253 e. The molecule has 6 nitrogen and oxygen atoms in total. The van der Waals surface area contributed by atoms with Gasteiger partial charge in [-0.15, -0.1) is 0 Å². The number of amides is 1. The van der Waals surface area contributed by atoms with E-state index >= 15 is 0 Å². The number of rotatable bonds is 9. The molecule has 0 heterocycles. The van der Waals surface area contributed by atoms with Crippen LogP contribution in [0, 0.1) is 0 Å². The van der Waals surface area contributed by atoms with Crippen LogP contribution in [0.25, 0.3) is 11.1 Å². The molecule has 0 atom stereocenters. The highest BCUT2D eigenvalue weighted by Crippen LogP contribution is 2.33. The van der Waals surface area contributed by atoms with E-state index < -0.39 is 9.84 Å². The van der Waals surface area contributed by atoms with Crippen LogP contribution in [0.2, 0.25) is 0 Å². The summed E-state index contributed by atoms with van der Waals surface area (Å²) in [6.45, 7) is 0.588. The molecule has 0 aliphatic rings. The van der Waals surface area contributed by atoms with Crippen LogP contribution in [-0.4, -0.2) is 47.0 Å². The predicted octanol–water partition coefficient (Wildman–Crippen LogP) is 3.93. The Kier molecular flexibility index (Phi) is 7.89. The SMILES string of the molecule is COc1ccc(-c2ccccc2C(=O)N(C)C)cc1S(=O)(=O)Cc1cccc(CCCN)c1. The van der Waals surface area contributed by atoms with Crippen molar-refractivity contribution < 1.29 is 17.9 Å². The largest absolute Gasteiger partial charge is 0.495 e. The minimum absolute atomic E-state index is 0.0990. The van der Waals surface area contributed by atoms with Crippen molar-refractivity contribution in [1.29, 1.82) is 0 Å². The lowest BCUT2D eigenvalue weighted by atomic mass is 9.99. The van der Waals surface area contributed by atoms with Gasteiger partial charge in [0.25, 0.3) is 5.91 Å². The topological polar surface area (TPSA) is 89.7 Å². The van der Waals surface area contributed by atoms with Crippen molar-refractivity contribution in [1.82, 2.24) is 4.90 Å². The van der Waals surface area contributed by atoms with E-state index in [1.807, 2.05) is 36.4 Å². The van der Waals surface area contributed by atoms with Crippen LogP contribution < -0.4 is 10.5 Å². The number of aryl methyl sites for hydroxylation is 1. The van der Waals surface area contributed by atoms with Crippen molar-refractivity contribution in [3.05, 3.63) is 83.4 Å². The number of benzene rings is 3. The van der Waals surface area contributed by atoms with Crippen molar-refractivity contribution in [2.24, 2.45) is 5.73 Å².